The Morgan fingerprint density at radius 2 is 1.69 bits per heavy atom. The van der Waals surface area contributed by atoms with Crippen molar-refractivity contribution < 1.29 is 23.1 Å². The molecular weight excluding hydrogens is 449 g/mol. The van der Waals surface area contributed by atoms with Crippen molar-refractivity contribution in [1.82, 2.24) is 4.90 Å². The molecule has 1 aliphatic rings. The fourth-order valence-corrected chi connectivity index (χ4v) is 4.60. The molecule has 1 atom stereocenters. The SMILES string of the molecule is COc1ccc(CCN2C(=O)c3oc4ccc(F)cc4c(=O)c3[C@H]2c2ccc(C)cc2)cc1OC. The molecule has 0 saturated heterocycles. The zero-order valence-electron chi connectivity index (χ0n) is 19.6. The van der Waals surface area contributed by atoms with Crippen LogP contribution in [0.5, 0.6) is 11.5 Å². The Kier molecular flexibility index (Phi) is 5.76. The van der Waals surface area contributed by atoms with Gasteiger partial charge in [0.1, 0.15) is 11.4 Å². The maximum Gasteiger partial charge on any atom is 0.290 e. The molecule has 2 heterocycles. The van der Waals surface area contributed by atoms with Gasteiger partial charge in [-0.15, -0.1) is 0 Å². The first kappa shape index (κ1) is 22.7. The highest BCUT2D eigenvalue weighted by Gasteiger charge is 2.42. The van der Waals surface area contributed by atoms with Crippen LogP contribution in [0, 0.1) is 12.7 Å². The molecule has 1 aromatic heterocycles. The van der Waals surface area contributed by atoms with E-state index in [4.69, 9.17) is 13.9 Å². The fraction of sp³-hybridized carbons (Fsp3) is 0.214. The second-order valence-corrected chi connectivity index (χ2v) is 8.57. The van der Waals surface area contributed by atoms with E-state index in [1.807, 2.05) is 49.4 Å². The van der Waals surface area contributed by atoms with Crippen molar-refractivity contribution in [3.63, 3.8) is 0 Å². The molecule has 5 rings (SSSR count). The summed E-state index contributed by atoms with van der Waals surface area (Å²) in [5.74, 6) is 0.320. The summed E-state index contributed by atoms with van der Waals surface area (Å²) in [7, 11) is 3.14. The first-order valence-electron chi connectivity index (χ1n) is 11.3. The number of halogens is 1. The van der Waals surface area contributed by atoms with Gasteiger partial charge in [-0.2, -0.15) is 0 Å². The Balaban J connectivity index is 1.58. The summed E-state index contributed by atoms with van der Waals surface area (Å²) in [6.07, 6.45) is 0.519. The second-order valence-electron chi connectivity index (χ2n) is 8.57. The zero-order chi connectivity index (χ0) is 24.7. The summed E-state index contributed by atoms with van der Waals surface area (Å²) in [5, 5.41) is 0.121. The van der Waals surface area contributed by atoms with Crippen molar-refractivity contribution in [2.75, 3.05) is 20.8 Å². The van der Waals surface area contributed by atoms with Crippen molar-refractivity contribution >= 4 is 16.9 Å². The first-order chi connectivity index (χ1) is 16.9. The summed E-state index contributed by atoms with van der Waals surface area (Å²) < 4.78 is 30.5. The summed E-state index contributed by atoms with van der Waals surface area (Å²) >= 11 is 0. The van der Waals surface area contributed by atoms with Gasteiger partial charge in [-0.05, 0) is 54.8 Å². The van der Waals surface area contributed by atoms with E-state index in [-0.39, 0.29) is 28.2 Å². The molecule has 1 amide bonds. The van der Waals surface area contributed by atoms with Gasteiger partial charge in [-0.1, -0.05) is 35.9 Å². The van der Waals surface area contributed by atoms with Gasteiger partial charge in [0.2, 0.25) is 5.76 Å². The number of nitrogens with zero attached hydrogens (tertiary/aromatic N) is 1. The Morgan fingerprint density at radius 1 is 0.943 bits per heavy atom. The maximum absolute atomic E-state index is 13.9. The summed E-state index contributed by atoms with van der Waals surface area (Å²) in [6.45, 7) is 2.30. The van der Waals surface area contributed by atoms with Gasteiger partial charge in [0, 0.05) is 6.54 Å². The van der Waals surface area contributed by atoms with Crippen molar-refractivity contribution in [2.24, 2.45) is 0 Å². The van der Waals surface area contributed by atoms with E-state index in [0.717, 1.165) is 22.8 Å². The molecule has 0 spiro atoms. The van der Waals surface area contributed by atoms with E-state index in [2.05, 4.69) is 0 Å². The molecule has 4 aromatic rings. The molecule has 7 heteroatoms. The third kappa shape index (κ3) is 3.93. The van der Waals surface area contributed by atoms with Crippen LogP contribution in [0.15, 0.2) is 69.9 Å². The van der Waals surface area contributed by atoms with Crippen LogP contribution in [-0.4, -0.2) is 31.6 Å². The number of aryl methyl sites for hydroxylation is 1. The zero-order valence-corrected chi connectivity index (χ0v) is 19.6. The number of rotatable bonds is 6. The molecular formula is C28H24FNO5. The van der Waals surface area contributed by atoms with E-state index >= 15 is 0 Å². The number of methoxy groups -OCH3 is 2. The molecule has 1 aliphatic heterocycles. The van der Waals surface area contributed by atoms with Crippen molar-refractivity contribution in [1.29, 1.82) is 0 Å². The highest BCUT2D eigenvalue weighted by atomic mass is 19.1. The highest BCUT2D eigenvalue weighted by Crippen LogP contribution is 2.38. The molecule has 0 saturated carbocycles. The average molecular weight is 474 g/mol. The first-order valence-corrected chi connectivity index (χ1v) is 11.3. The van der Waals surface area contributed by atoms with Gasteiger partial charge in [0.05, 0.1) is 31.2 Å². The van der Waals surface area contributed by atoms with Crippen LogP contribution in [-0.2, 0) is 6.42 Å². The second kappa shape index (κ2) is 8.91. The van der Waals surface area contributed by atoms with Crippen LogP contribution in [0.25, 0.3) is 11.0 Å². The van der Waals surface area contributed by atoms with Crippen LogP contribution in [0.1, 0.15) is 38.9 Å². The minimum Gasteiger partial charge on any atom is -0.493 e. The van der Waals surface area contributed by atoms with Gasteiger partial charge in [0.25, 0.3) is 5.91 Å². The molecule has 3 aromatic carbocycles. The minimum absolute atomic E-state index is 0.00648. The smallest absolute Gasteiger partial charge is 0.290 e. The van der Waals surface area contributed by atoms with E-state index in [1.165, 1.54) is 12.1 Å². The van der Waals surface area contributed by atoms with Crippen molar-refractivity contribution in [2.45, 2.75) is 19.4 Å². The van der Waals surface area contributed by atoms with E-state index < -0.39 is 17.3 Å². The topological polar surface area (TPSA) is 69.0 Å². The lowest BCUT2D eigenvalue weighted by Crippen LogP contribution is -2.31. The molecule has 0 bridgehead atoms. The molecule has 0 fully saturated rings. The number of benzene rings is 3. The van der Waals surface area contributed by atoms with Gasteiger partial charge < -0.3 is 18.8 Å². The number of hydrogen-bond donors (Lipinski definition) is 0. The Morgan fingerprint density at radius 3 is 2.40 bits per heavy atom. The Hall–Kier alpha value is -4.13. The Labute approximate surface area is 201 Å². The number of fused-ring (bicyclic) bond motifs is 2. The van der Waals surface area contributed by atoms with Gasteiger partial charge >= 0.3 is 0 Å². The van der Waals surface area contributed by atoms with E-state index in [9.17, 15) is 14.0 Å². The van der Waals surface area contributed by atoms with Crippen LogP contribution >= 0.6 is 0 Å². The average Bonchev–Trinajstić information content (AvgIpc) is 3.15. The lowest BCUT2D eigenvalue weighted by atomic mass is 9.97. The number of carbonyl (C=O) groups is 1. The van der Waals surface area contributed by atoms with E-state index in [1.54, 1.807) is 19.1 Å². The van der Waals surface area contributed by atoms with Crippen LogP contribution in [0.2, 0.25) is 0 Å². The third-order valence-electron chi connectivity index (χ3n) is 6.41. The van der Waals surface area contributed by atoms with Crippen molar-refractivity contribution in [3.05, 3.63) is 105 Å². The third-order valence-corrected chi connectivity index (χ3v) is 6.41. The summed E-state index contributed by atoms with van der Waals surface area (Å²) in [5.41, 5.74) is 2.83. The molecule has 35 heavy (non-hydrogen) atoms. The van der Waals surface area contributed by atoms with Crippen LogP contribution in [0.4, 0.5) is 4.39 Å². The molecule has 0 unspecified atom stereocenters. The monoisotopic (exact) mass is 473 g/mol. The fourth-order valence-electron chi connectivity index (χ4n) is 4.60. The molecule has 0 radical (unpaired) electrons. The normalized spacial score (nSPS) is 14.9. The van der Waals surface area contributed by atoms with Gasteiger partial charge in [0.15, 0.2) is 16.9 Å². The number of carbonyl (C=O) groups excluding carboxylic acids is 1. The maximum atomic E-state index is 13.9. The van der Waals surface area contributed by atoms with Crippen LogP contribution in [0.3, 0.4) is 0 Å². The molecule has 178 valence electrons. The lowest BCUT2D eigenvalue weighted by Gasteiger charge is -2.25. The van der Waals surface area contributed by atoms with Gasteiger partial charge in [-0.3, -0.25) is 9.59 Å². The predicted octanol–water partition coefficient (Wildman–Crippen LogP) is 5.05. The van der Waals surface area contributed by atoms with Crippen molar-refractivity contribution in [3.8, 4) is 11.5 Å². The quantitative estimate of drug-likeness (QED) is 0.392. The predicted molar refractivity (Wildman–Crippen MR) is 130 cm³/mol. The molecule has 0 aliphatic carbocycles. The minimum atomic E-state index is -0.637. The Bertz CT molecular complexity index is 1490. The number of amides is 1. The van der Waals surface area contributed by atoms with Crippen LogP contribution < -0.4 is 14.9 Å². The number of hydrogen-bond acceptors (Lipinski definition) is 5. The summed E-state index contributed by atoms with van der Waals surface area (Å²) in [4.78, 5) is 28.7. The summed E-state index contributed by atoms with van der Waals surface area (Å²) in [6, 6.07) is 16.4. The van der Waals surface area contributed by atoms with E-state index in [0.29, 0.717) is 24.5 Å². The lowest BCUT2D eigenvalue weighted by molar-refractivity contribution is 0.0730. The molecule has 6 nitrogen and oxygen atoms in total. The highest BCUT2D eigenvalue weighted by molar-refractivity contribution is 5.99. The number of ether oxygens (including phenoxy) is 2. The van der Waals surface area contributed by atoms with Gasteiger partial charge in [-0.25, -0.2) is 4.39 Å². The standard InChI is InChI=1S/C28H24FNO5/c1-16-4-7-18(8-5-16)25-24-26(31)20-15-19(29)9-11-21(20)35-27(24)28(32)30(25)13-12-17-6-10-22(33-2)23(14-17)34-3/h4-11,14-15,25H,12-13H2,1-3H3/t25-/m1/s1. The molecule has 0 N–H and O–H groups in total. The largest absolute Gasteiger partial charge is 0.493 e.